The Kier molecular flexibility index (Phi) is 3.38. The summed E-state index contributed by atoms with van der Waals surface area (Å²) >= 11 is 0. The Morgan fingerprint density at radius 1 is 1.12 bits per heavy atom. The highest BCUT2D eigenvalue weighted by Crippen LogP contribution is 2.27. The molecule has 0 spiro atoms. The quantitative estimate of drug-likeness (QED) is 0.808. The molecule has 0 aliphatic heterocycles. The van der Waals surface area contributed by atoms with Gasteiger partial charge in [-0.2, -0.15) is 0 Å². The standard InChI is InChI=1S/C14H16N2O/c1-10(2)11-4-6-12(7-5-11)13-8-15-9-16-14(13)17-3/h4-10H,1-3H3. The van der Waals surface area contributed by atoms with Gasteiger partial charge in [0, 0.05) is 6.20 Å². The Bertz CT molecular complexity index is 492. The number of rotatable bonds is 3. The van der Waals surface area contributed by atoms with E-state index >= 15 is 0 Å². The molecule has 0 radical (unpaired) electrons. The average Bonchev–Trinajstić information content (AvgIpc) is 2.39. The van der Waals surface area contributed by atoms with Crippen LogP contribution in [-0.2, 0) is 0 Å². The van der Waals surface area contributed by atoms with Crippen molar-refractivity contribution in [2.75, 3.05) is 7.11 Å². The van der Waals surface area contributed by atoms with Gasteiger partial charge in [0.15, 0.2) is 0 Å². The van der Waals surface area contributed by atoms with Crippen LogP contribution in [0.2, 0.25) is 0 Å². The van der Waals surface area contributed by atoms with E-state index in [1.54, 1.807) is 13.3 Å². The molecule has 0 N–H and O–H groups in total. The van der Waals surface area contributed by atoms with Crippen LogP contribution in [0.3, 0.4) is 0 Å². The SMILES string of the molecule is COc1ncncc1-c1ccc(C(C)C)cc1. The van der Waals surface area contributed by atoms with Gasteiger partial charge in [0.1, 0.15) is 6.33 Å². The van der Waals surface area contributed by atoms with Gasteiger partial charge in [-0.25, -0.2) is 9.97 Å². The molecule has 0 saturated carbocycles. The normalized spacial score (nSPS) is 10.6. The largest absolute Gasteiger partial charge is 0.480 e. The first kappa shape index (κ1) is 11.6. The van der Waals surface area contributed by atoms with Crippen molar-refractivity contribution in [2.45, 2.75) is 19.8 Å². The van der Waals surface area contributed by atoms with Gasteiger partial charge >= 0.3 is 0 Å². The highest BCUT2D eigenvalue weighted by Gasteiger charge is 2.07. The maximum Gasteiger partial charge on any atom is 0.224 e. The summed E-state index contributed by atoms with van der Waals surface area (Å²) < 4.78 is 5.23. The lowest BCUT2D eigenvalue weighted by molar-refractivity contribution is 0.398. The van der Waals surface area contributed by atoms with Crippen molar-refractivity contribution in [3.8, 4) is 17.0 Å². The third-order valence-corrected chi connectivity index (χ3v) is 2.76. The van der Waals surface area contributed by atoms with Crippen LogP contribution in [0.5, 0.6) is 5.88 Å². The van der Waals surface area contributed by atoms with Gasteiger partial charge in [-0.15, -0.1) is 0 Å². The molecule has 2 rings (SSSR count). The zero-order valence-electron chi connectivity index (χ0n) is 10.3. The van der Waals surface area contributed by atoms with Gasteiger partial charge in [-0.05, 0) is 17.0 Å². The van der Waals surface area contributed by atoms with Crippen LogP contribution in [0.25, 0.3) is 11.1 Å². The van der Waals surface area contributed by atoms with Crippen LogP contribution < -0.4 is 4.74 Å². The maximum atomic E-state index is 5.23. The van der Waals surface area contributed by atoms with E-state index < -0.39 is 0 Å². The number of benzene rings is 1. The maximum absolute atomic E-state index is 5.23. The Labute approximate surface area is 102 Å². The van der Waals surface area contributed by atoms with E-state index in [1.165, 1.54) is 11.9 Å². The summed E-state index contributed by atoms with van der Waals surface area (Å²) in [7, 11) is 1.62. The zero-order valence-corrected chi connectivity index (χ0v) is 10.3. The fourth-order valence-electron chi connectivity index (χ4n) is 1.73. The van der Waals surface area contributed by atoms with Crippen LogP contribution >= 0.6 is 0 Å². The summed E-state index contributed by atoms with van der Waals surface area (Å²) in [5, 5.41) is 0. The van der Waals surface area contributed by atoms with Gasteiger partial charge in [-0.3, -0.25) is 0 Å². The van der Waals surface area contributed by atoms with Crippen LogP contribution in [0.15, 0.2) is 36.8 Å². The molecule has 0 unspecified atom stereocenters. The molecular weight excluding hydrogens is 212 g/mol. The molecule has 0 amide bonds. The van der Waals surface area contributed by atoms with Gasteiger partial charge in [0.05, 0.1) is 12.7 Å². The molecule has 1 aromatic carbocycles. The fraction of sp³-hybridized carbons (Fsp3) is 0.286. The summed E-state index contributed by atoms with van der Waals surface area (Å²) in [5.74, 6) is 1.15. The Morgan fingerprint density at radius 2 is 1.82 bits per heavy atom. The van der Waals surface area contributed by atoms with E-state index in [2.05, 4.69) is 48.1 Å². The second-order valence-corrected chi connectivity index (χ2v) is 4.22. The number of hydrogen-bond acceptors (Lipinski definition) is 3. The van der Waals surface area contributed by atoms with Crippen molar-refractivity contribution in [1.29, 1.82) is 0 Å². The Balaban J connectivity index is 2.40. The first-order chi connectivity index (χ1) is 8.22. The number of methoxy groups -OCH3 is 1. The van der Waals surface area contributed by atoms with Crippen LogP contribution in [0.4, 0.5) is 0 Å². The average molecular weight is 228 g/mol. The third kappa shape index (κ3) is 2.44. The van der Waals surface area contributed by atoms with Crippen molar-refractivity contribution < 1.29 is 4.74 Å². The zero-order chi connectivity index (χ0) is 12.3. The molecule has 2 aromatic rings. The van der Waals surface area contributed by atoms with E-state index in [-0.39, 0.29) is 0 Å². The monoisotopic (exact) mass is 228 g/mol. The van der Waals surface area contributed by atoms with Crippen molar-refractivity contribution >= 4 is 0 Å². The molecule has 0 saturated heterocycles. The number of nitrogens with zero attached hydrogens (tertiary/aromatic N) is 2. The topological polar surface area (TPSA) is 35.0 Å². The third-order valence-electron chi connectivity index (χ3n) is 2.76. The lowest BCUT2D eigenvalue weighted by Gasteiger charge is -2.08. The highest BCUT2D eigenvalue weighted by atomic mass is 16.5. The molecule has 0 aliphatic rings. The second-order valence-electron chi connectivity index (χ2n) is 4.22. The van der Waals surface area contributed by atoms with Crippen LogP contribution in [-0.4, -0.2) is 17.1 Å². The first-order valence-electron chi connectivity index (χ1n) is 5.66. The van der Waals surface area contributed by atoms with Gasteiger partial charge < -0.3 is 4.74 Å². The lowest BCUT2D eigenvalue weighted by Crippen LogP contribution is -1.93. The van der Waals surface area contributed by atoms with E-state index in [4.69, 9.17) is 4.74 Å². The van der Waals surface area contributed by atoms with E-state index in [0.717, 1.165) is 11.1 Å². The minimum Gasteiger partial charge on any atom is -0.480 e. The summed E-state index contributed by atoms with van der Waals surface area (Å²) in [6, 6.07) is 8.42. The minimum absolute atomic E-state index is 0.540. The lowest BCUT2D eigenvalue weighted by atomic mass is 10.00. The van der Waals surface area contributed by atoms with Crippen molar-refractivity contribution in [3.05, 3.63) is 42.4 Å². The van der Waals surface area contributed by atoms with Crippen molar-refractivity contribution in [2.24, 2.45) is 0 Å². The second kappa shape index (κ2) is 4.95. The predicted octanol–water partition coefficient (Wildman–Crippen LogP) is 3.28. The number of ether oxygens (including phenoxy) is 1. The summed E-state index contributed by atoms with van der Waals surface area (Å²) in [6.07, 6.45) is 3.26. The molecular formula is C14H16N2O. The Morgan fingerprint density at radius 3 is 2.41 bits per heavy atom. The van der Waals surface area contributed by atoms with Gasteiger partial charge in [0.2, 0.25) is 5.88 Å². The van der Waals surface area contributed by atoms with Crippen molar-refractivity contribution in [1.82, 2.24) is 9.97 Å². The molecule has 17 heavy (non-hydrogen) atoms. The minimum atomic E-state index is 0.540. The first-order valence-corrected chi connectivity index (χ1v) is 5.66. The predicted molar refractivity (Wildman–Crippen MR) is 68.1 cm³/mol. The highest BCUT2D eigenvalue weighted by molar-refractivity contribution is 5.67. The smallest absolute Gasteiger partial charge is 0.224 e. The number of hydrogen-bond donors (Lipinski definition) is 0. The molecule has 0 aliphatic carbocycles. The molecule has 1 heterocycles. The molecule has 1 aromatic heterocycles. The van der Waals surface area contributed by atoms with E-state index in [9.17, 15) is 0 Å². The van der Waals surface area contributed by atoms with Crippen molar-refractivity contribution in [3.63, 3.8) is 0 Å². The molecule has 3 heteroatoms. The van der Waals surface area contributed by atoms with E-state index in [1.807, 2.05) is 0 Å². The van der Waals surface area contributed by atoms with Gasteiger partial charge in [-0.1, -0.05) is 38.1 Å². The summed E-state index contributed by atoms with van der Waals surface area (Å²) in [5.41, 5.74) is 3.32. The molecule has 3 nitrogen and oxygen atoms in total. The fourth-order valence-corrected chi connectivity index (χ4v) is 1.73. The molecule has 0 fully saturated rings. The summed E-state index contributed by atoms with van der Waals surface area (Å²) in [4.78, 5) is 8.13. The Hall–Kier alpha value is -1.90. The molecule has 0 atom stereocenters. The van der Waals surface area contributed by atoms with E-state index in [0.29, 0.717) is 11.8 Å². The van der Waals surface area contributed by atoms with Gasteiger partial charge in [0.25, 0.3) is 0 Å². The molecule has 88 valence electrons. The van der Waals surface area contributed by atoms with Crippen LogP contribution in [0.1, 0.15) is 25.3 Å². The number of aromatic nitrogens is 2. The molecule has 0 bridgehead atoms. The van der Waals surface area contributed by atoms with Crippen LogP contribution in [0, 0.1) is 0 Å². The summed E-state index contributed by atoms with van der Waals surface area (Å²) in [6.45, 7) is 4.36.